The fraction of sp³-hybridized carbons (Fsp3) is 0.318. The van der Waals surface area contributed by atoms with E-state index in [1.807, 2.05) is 32.0 Å². The molecule has 3 nitrogen and oxygen atoms in total. The van der Waals surface area contributed by atoms with Crippen molar-refractivity contribution in [3.63, 3.8) is 0 Å². The molecule has 0 spiro atoms. The monoisotopic (exact) mass is 368 g/mol. The standard InChI is InChI=1S/C22H25ClN2O/c1-4-25-14-20(18-10-5-6-11-21(18)25)19(13-22(26)24-15(2)3)16-8-7-9-17(23)12-16/h5-12,14-15,19H,4,13H2,1-3H3,(H,24,26)/t19-/m1/s1. The van der Waals surface area contributed by atoms with Crippen LogP contribution in [0.2, 0.25) is 5.02 Å². The van der Waals surface area contributed by atoms with Crippen molar-refractivity contribution in [3.8, 4) is 0 Å². The predicted octanol–water partition coefficient (Wildman–Crippen LogP) is 5.36. The lowest BCUT2D eigenvalue weighted by atomic mass is 9.88. The summed E-state index contributed by atoms with van der Waals surface area (Å²) in [6, 6.07) is 16.3. The molecule has 0 aliphatic carbocycles. The van der Waals surface area contributed by atoms with Gasteiger partial charge in [0, 0.05) is 47.0 Å². The van der Waals surface area contributed by atoms with Crippen LogP contribution in [0.1, 0.15) is 44.2 Å². The van der Waals surface area contributed by atoms with Crippen LogP contribution in [0.4, 0.5) is 0 Å². The number of hydrogen-bond acceptors (Lipinski definition) is 1. The third-order valence-electron chi connectivity index (χ3n) is 4.63. The average Bonchev–Trinajstić information content (AvgIpc) is 2.98. The quantitative estimate of drug-likeness (QED) is 0.624. The molecule has 136 valence electrons. The van der Waals surface area contributed by atoms with Gasteiger partial charge in [0.05, 0.1) is 0 Å². The fourth-order valence-corrected chi connectivity index (χ4v) is 3.71. The zero-order valence-corrected chi connectivity index (χ0v) is 16.3. The van der Waals surface area contributed by atoms with E-state index in [2.05, 4.69) is 53.3 Å². The molecule has 1 N–H and O–H groups in total. The van der Waals surface area contributed by atoms with Gasteiger partial charge in [-0.15, -0.1) is 0 Å². The normalized spacial score (nSPS) is 12.5. The highest BCUT2D eigenvalue weighted by Crippen LogP contribution is 2.35. The van der Waals surface area contributed by atoms with Crippen molar-refractivity contribution in [3.05, 3.63) is 70.9 Å². The maximum atomic E-state index is 12.6. The second kappa shape index (κ2) is 7.96. The zero-order chi connectivity index (χ0) is 18.7. The Labute approximate surface area is 160 Å². The maximum Gasteiger partial charge on any atom is 0.221 e. The molecule has 0 radical (unpaired) electrons. The first-order valence-corrected chi connectivity index (χ1v) is 9.50. The molecule has 0 saturated carbocycles. The van der Waals surface area contributed by atoms with Crippen molar-refractivity contribution < 1.29 is 4.79 Å². The number of fused-ring (bicyclic) bond motifs is 1. The topological polar surface area (TPSA) is 34.0 Å². The molecule has 0 bridgehead atoms. The molecule has 2 aromatic carbocycles. The van der Waals surface area contributed by atoms with Gasteiger partial charge in [-0.3, -0.25) is 4.79 Å². The summed E-state index contributed by atoms with van der Waals surface area (Å²) in [7, 11) is 0. The van der Waals surface area contributed by atoms with E-state index < -0.39 is 0 Å². The first kappa shape index (κ1) is 18.5. The number of nitrogens with zero attached hydrogens (tertiary/aromatic N) is 1. The lowest BCUT2D eigenvalue weighted by Gasteiger charge is -2.18. The molecular formula is C22H25ClN2O. The Hall–Kier alpha value is -2.26. The summed E-state index contributed by atoms with van der Waals surface area (Å²) in [5.41, 5.74) is 3.43. The first-order chi connectivity index (χ1) is 12.5. The number of carbonyl (C=O) groups is 1. The Morgan fingerprint density at radius 1 is 1.15 bits per heavy atom. The minimum Gasteiger partial charge on any atom is -0.354 e. The van der Waals surface area contributed by atoms with Crippen LogP contribution < -0.4 is 5.32 Å². The van der Waals surface area contributed by atoms with Gasteiger partial charge >= 0.3 is 0 Å². The number of rotatable bonds is 6. The fourth-order valence-electron chi connectivity index (χ4n) is 3.51. The highest BCUT2D eigenvalue weighted by Gasteiger charge is 2.23. The summed E-state index contributed by atoms with van der Waals surface area (Å²) >= 11 is 6.24. The van der Waals surface area contributed by atoms with Gasteiger partial charge in [-0.2, -0.15) is 0 Å². The first-order valence-electron chi connectivity index (χ1n) is 9.12. The molecule has 1 amide bonds. The summed E-state index contributed by atoms with van der Waals surface area (Å²) in [6.07, 6.45) is 2.58. The number of aromatic nitrogens is 1. The van der Waals surface area contributed by atoms with E-state index in [9.17, 15) is 4.79 Å². The Morgan fingerprint density at radius 3 is 2.62 bits per heavy atom. The van der Waals surface area contributed by atoms with Gasteiger partial charge in [-0.05, 0) is 50.1 Å². The van der Waals surface area contributed by atoms with E-state index >= 15 is 0 Å². The molecule has 0 fully saturated rings. The number of carbonyl (C=O) groups excluding carboxylic acids is 1. The van der Waals surface area contributed by atoms with E-state index in [0.717, 1.165) is 12.1 Å². The van der Waals surface area contributed by atoms with Crippen LogP contribution in [0.5, 0.6) is 0 Å². The number of benzene rings is 2. The van der Waals surface area contributed by atoms with Crippen LogP contribution in [0.25, 0.3) is 10.9 Å². The number of amides is 1. The molecule has 0 unspecified atom stereocenters. The van der Waals surface area contributed by atoms with Gasteiger partial charge in [0.25, 0.3) is 0 Å². The minimum atomic E-state index is -0.0369. The molecule has 4 heteroatoms. The highest BCUT2D eigenvalue weighted by molar-refractivity contribution is 6.30. The second-order valence-corrected chi connectivity index (χ2v) is 7.36. The van der Waals surface area contributed by atoms with Crippen LogP contribution in [0.15, 0.2) is 54.7 Å². The molecule has 3 rings (SSSR count). The molecule has 1 atom stereocenters. The van der Waals surface area contributed by atoms with Crippen molar-refractivity contribution >= 4 is 28.4 Å². The van der Waals surface area contributed by atoms with Crippen LogP contribution in [-0.4, -0.2) is 16.5 Å². The Kier molecular flexibility index (Phi) is 5.67. The van der Waals surface area contributed by atoms with Crippen molar-refractivity contribution in [1.29, 1.82) is 0 Å². The molecule has 1 aromatic heterocycles. The third-order valence-corrected chi connectivity index (χ3v) is 4.86. The maximum absolute atomic E-state index is 12.6. The Balaban J connectivity index is 2.10. The van der Waals surface area contributed by atoms with Crippen molar-refractivity contribution in [2.75, 3.05) is 0 Å². The van der Waals surface area contributed by atoms with E-state index in [1.54, 1.807) is 0 Å². The molecule has 0 aliphatic heterocycles. The predicted molar refractivity (Wildman–Crippen MR) is 109 cm³/mol. The summed E-state index contributed by atoms with van der Waals surface area (Å²) in [4.78, 5) is 12.6. The number of nitrogens with one attached hydrogen (secondary N) is 1. The zero-order valence-electron chi connectivity index (χ0n) is 15.5. The van der Waals surface area contributed by atoms with Crippen molar-refractivity contribution in [2.45, 2.75) is 45.7 Å². The van der Waals surface area contributed by atoms with Crippen molar-refractivity contribution in [2.24, 2.45) is 0 Å². The van der Waals surface area contributed by atoms with Crippen molar-refractivity contribution in [1.82, 2.24) is 9.88 Å². The summed E-state index contributed by atoms with van der Waals surface area (Å²) < 4.78 is 2.24. The Morgan fingerprint density at radius 2 is 1.92 bits per heavy atom. The molecule has 0 saturated heterocycles. The molecule has 0 aliphatic rings. The summed E-state index contributed by atoms with van der Waals surface area (Å²) in [6.45, 7) is 6.99. The smallest absolute Gasteiger partial charge is 0.221 e. The van der Waals surface area contributed by atoms with E-state index in [-0.39, 0.29) is 17.9 Å². The van der Waals surface area contributed by atoms with Crippen LogP contribution >= 0.6 is 11.6 Å². The van der Waals surface area contributed by atoms with Gasteiger partial charge in [0.15, 0.2) is 0 Å². The largest absolute Gasteiger partial charge is 0.354 e. The molecule has 26 heavy (non-hydrogen) atoms. The summed E-state index contributed by atoms with van der Waals surface area (Å²) in [5, 5.41) is 4.90. The van der Waals surface area contributed by atoms with Gasteiger partial charge in [0.1, 0.15) is 0 Å². The highest BCUT2D eigenvalue weighted by atomic mass is 35.5. The second-order valence-electron chi connectivity index (χ2n) is 6.92. The van der Waals surface area contributed by atoms with Crippen LogP contribution in [-0.2, 0) is 11.3 Å². The van der Waals surface area contributed by atoms with Gasteiger partial charge < -0.3 is 9.88 Å². The third kappa shape index (κ3) is 3.94. The molecule has 3 aromatic rings. The lowest BCUT2D eigenvalue weighted by Crippen LogP contribution is -2.31. The van der Waals surface area contributed by atoms with E-state index in [0.29, 0.717) is 11.4 Å². The van der Waals surface area contributed by atoms with Gasteiger partial charge in [-0.1, -0.05) is 41.9 Å². The SMILES string of the molecule is CCn1cc([C@H](CC(=O)NC(C)C)c2cccc(Cl)c2)c2ccccc21. The van der Waals surface area contributed by atoms with Crippen LogP contribution in [0.3, 0.4) is 0 Å². The van der Waals surface area contributed by atoms with Gasteiger partial charge in [0.2, 0.25) is 5.91 Å². The molecule has 1 heterocycles. The molecular weight excluding hydrogens is 344 g/mol. The number of hydrogen-bond donors (Lipinski definition) is 1. The lowest BCUT2D eigenvalue weighted by molar-refractivity contribution is -0.121. The summed E-state index contributed by atoms with van der Waals surface area (Å²) in [5.74, 6) is 0.0171. The van der Waals surface area contributed by atoms with Crippen LogP contribution in [0, 0.1) is 0 Å². The Bertz CT molecular complexity index is 913. The average molecular weight is 369 g/mol. The number of aryl methyl sites for hydroxylation is 1. The number of para-hydroxylation sites is 1. The van der Waals surface area contributed by atoms with E-state index in [4.69, 9.17) is 11.6 Å². The van der Waals surface area contributed by atoms with Gasteiger partial charge in [-0.25, -0.2) is 0 Å². The minimum absolute atomic E-state index is 0.0369. The number of halogens is 1. The van der Waals surface area contributed by atoms with E-state index in [1.165, 1.54) is 16.5 Å².